The van der Waals surface area contributed by atoms with Crippen LogP contribution in [0.5, 0.6) is 0 Å². The minimum Gasteiger partial charge on any atom is -0.469 e. The quantitative estimate of drug-likeness (QED) is 0.530. The monoisotopic (exact) mass is 257 g/mol. The standard InChI is InChI=1S/C12H19NO5/c1-17-11(16)7-10(15)13-8-6-9(14)12(8)2-4-18-5-3-12/h8-9,14H,2-7H2,1H3,(H,13,15). The molecule has 1 spiro atoms. The molecule has 2 atom stereocenters. The van der Waals surface area contributed by atoms with Gasteiger partial charge >= 0.3 is 5.97 Å². The van der Waals surface area contributed by atoms with Crippen molar-refractivity contribution in [1.29, 1.82) is 0 Å². The minimum absolute atomic E-state index is 0.0615. The van der Waals surface area contributed by atoms with Crippen LogP contribution in [0.1, 0.15) is 25.7 Å². The topological polar surface area (TPSA) is 84.9 Å². The van der Waals surface area contributed by atoms with Gasteiger partial charge in [0.1, 0.15) is 6.42 Å². The van der Waals surface area contributed by atoms with Gasteiger partial charge in [-0.3, -0.25) is 9.59 Å². The van der Waals surface area contributed by atoms with Crippen molar-refractivity contribution in [2.45, 2.75) is 37.8 Å². The van der Waals surface area contributed by atoms with Crippen molar-refractivity contribution in [1.82, 2.24) is 5.32 Å². The predicted octanol–water partition coefficient (Wildman–Crippen LogP) is -0.404. The summed E-state index contributed by atoms with van der Waals surface area (Å²) >= 11 is 0. The van der Waals surface area contributed by atoms with Crippen molar-refractivity contribution in [3.63, 3.8) is 0 Å². The maximum atomic E-state index is 11.6. The van der Waals surface area contributed by atoms with Crippen molar-refractivity contribution in [3.05, 3.63) is 0 Å². The molecule has 1 amide bonds. The molecular weight excluding hydrogens is 238 g/mol. The Balaban J connectivity index is 1.89. The molecule has 2 unspecified atom stereocenters. The van der Waals surface area contributed by atoms with Gasteiger partial charge in [0.05, 0.1) is 13.2 Å². The smallest absolute Gasteiger partial charge is 0.315 e. The van der Waals surface area contributed by atoms with Crippen LogP contribution in [-0.4, -0.2) is 49.5 Å². The number of aliphatic hydroxyl groups is 1. The van der Waals surface area contributed by atoms with Gasteiger partial charge in [-0.1, -0.05) is 0 Å². The number of hydrogen-bond acceptors (Lipinski definition) is 5. The van der Waals surface area contributed by atoms with Crippen LogP contribution in [0.25, 0.3) is 0 Å². The lowest BCUT2D eigenvalue weighted by Gasteiger charge is -2.55. The maximum absolute atomic E-state index is 11.6. The Labute approximate surface area is 106 Å². The Hall–Kier alpha value is -1.14. The van der Waals surface area contributed by atoms with Gasteiger partial charge in [-0.2, -0.15) is 0 Å². The highest BCUT2D eigenvalue weighted by atomic mass is 16.5. The molecule has 2 fully saturated rings. The van der Waals surface area contributed by atoms with Gasteiger partial charge in [0, 0.05) is 24.7 Å². The number of aliphatic hydroxyl groups excluding tert-OH is 1. The predicted molar refractivity (Wildman–Crippen MR) is 61.7 cm³/mol. The molecule has 1 heterocycles. The summed E-state index contributed by atoms with van der Waals surface area (Å²) in [6.07, 6.45) is 1.39. The number of carbonyl (C=O) groups is 2. The molecule has 0 aromatic rings. The van der Waals surface area contributed by atoms with E-state index in [4.69, 9.17) is 4.74 Å². The summed E-state index contributed by atoms with van der Waals surface area (Å²) in [6.45, 7) is 1.22. The minimum atomic E-state index is -0.548. The molecule has 0 aromatic heterocycles. The van der Waals surface area contributed by atoms with Crippen molar-refractivity contribution in [2.24, 2.45) is 5.41 Å². The number of ether oxygens (including phenoxy) is 2. The zero-order valence-corrected chi connectivity index (χ0v) is 10.5. The molecule has 1 saturated carbocycles. The van der Waals surface area contributed by atoms with E-state index in [1.807, 2.05) is 0 Å². The van der Waals surface area contributed by atoms with Crippen LogP contribution in [0.3, 0.4) is 0 Å². The van der Waals surface area contributed by atoms with Gasteiger partial charge in [-0.05, 0) is 19.3 Å². The van der Waals surface area contributed by atoms with E-state index in [0.29, 0.717) is 19.6 Å². The van der Waals surface area contributed by atoms with Crippen LogP contribution in [0.4, 0.5) is 0 Å². The van der Waals surface area contributed by atoms with Crippen molar-refractivity contribution < 1.29 is 24.2 Å². The van der Waals surface area contributed by atoms with Gasteiger partial charge in [0.2, 0.25) is 5.91 Å². The zero-order chi connectivity index (χ0) is 13.2. The first kappa shape index (κ1) is 13.3. The Morgan fingerprint density at radius 3 is 2.67 bits per heavy atom. The number of esters is 1. The molecular formula is C12H19NO5. The number of hydrogen-bond donors (Lipinski definition) is 2. The second kappa shape index (κ2) is 5.24. The largest absolute Gasteiger partial charge is 0.469 e. The first-order valence-corrected chi connectivity index (χ1v) is 6.20. The summed E-state index contributed by atoms with van der Waals surface area (Å²) in [6, 6.07) is -0.0615. The average molecular weight is 257 g/mol. The summed E-state index contributed by atoms with van der Waals surface area (Å²) in [5.74, 6) is -0.891. The van der Waals surface area contributed by atoms with Crippen LogP contribution in [0.15, 0.2) is 0 Å². The molecule has 6 heteroatoms. The van der Waals surface area contributed by atoms with Crippen LogP contribution < -0.4 is 5.32 Å². The van der Waals surface area contributed by atoms with Crippen LogP contribution in [0, 0.1) is 5.41 Å². The fraction of sp³-hybridized carbons (Fsp3) is 0.833. The number of nitrogens with one attached hydrogen (secondary N) is 1. The third kappa shape index (κ3) is 2.35. The average Bonchev–Trinajstić information content (AvgIpc) is 2.39. The number of amides is 1. The molecule has 1 aliphatic heterocycles. The number of methoxy groups -OCH3 is 1. The Morgan fingerprint density at radius 2 is 2.11 bits per heavy atom. The molecule has 102 valence electrons. The van der Waals surface area contributed by atoms with Crippen molar-refractivity contribution in [3.8, 4) is 0 Å². The van der Waals surface area contributed by atoms with E-state index < -0.39 is 5.97 Å². The molecule has 18 heavy (non-hydrogen) atoms. The third-order valence-corrected chi connectivity index (χ3v) is 4.11. The Kier molecular flexibility index (Phi) is 3.87. The lowest BCUT2D eigenvalue weighted by molar-refractivity contribution is -0.158. The SMILES string of the molecule is COC(=O)CC(=O)NC1CC(O)C12CCOCC2. The van der Waals surface area contributed by atoms with Crippen molar-refractivity contribution in [2.75, 3.05) is 20.3 Å². The molecule has 0 aromatic carbocycles. The number of rotatable bonds is 3. The van der Waals surface area contributed by atoms with Gasteiger partial charge in [0.25, 0.3) is 0 Å². The van der Waals surface area contributed by atoms with E-state index >= 15 is 0 Å². The highest BCUT2D eigenvalue weighted by molar-refractivity contribution is 5.94. The maximum Gasteiger partial charge on any atom is 0.315 e. The second-order valence-electron chi connectivity index (χ2n) is 4.97. The van der Waals surface area contributed by atoms with Gasteiger partial charge in [-0.25, -0.2) is 0 Å². The molecule has 1 aliphatic carbocycles. The third-order valence-electron chi connectivity index (χ3n) is 4.11. The first-order valence-electron chi connectivity index (χ1n) is 6.20. The van der Waals surface area contributed by atoms with Gasteiger partial charge in [0.15, 0.2) is 0 Å². The van der Waals surface area contributed by atoms with E-state index in [0.717, 1.165) is 12.8 Å². The Bertz CT molecular complexity index is 337. The van der Waals surface area contributed by atoms with E-state index in [1.54, 1.807) is 0 Å². The van der Waals surface area contributed by atoms with E-state index in [9.17, 15) is 14.7 Å². The summed E-state index contributed by atoms with van der Waals surface area (Å²) < 4.78 is 9.73. The highest BCUT2D eigenvalue weighted by Crippen LogP contribution is 2.48. The van der Waals surface area contributed by atoms with Gasteiger partial charge < -0.3 is 19.9 Å². The summed E-state index contributed by atoms with van der Waals surface area (Å²) in [7, 11) is 1.25. The fourth-order valence-corrected chi connectivity index (χ4v) is 2.85. The van der Waals surface area contributed by atoms with E-state index in [1.165, 1.54) is 7.11 Å². The van der Waals surface area contributed by atoms with Crippen LogP contribution in [-0.2, 0) is 19.1 Å². The van der Waals surface area contributed by atoms with Gasteiger partial charge in [-0.15, -0.1) is 0 Å². The van der Waals surface area contributed by atoms with E-state index in [-0.39, 0.29) is 29.9 Å². The van der Waals surface area contributed by atoms with E-state index in [2.05, 4.69) is 10.1 Å². The highest BCUT2D eigenvalue weighted by Gasteiger charge is 2.55. The van der Waals surface area contributed by atoms with Crippen LogP contribution in [0.2, 0.25) is 0 Å². The lowest BCUT2D eigenvalue weighted by atomic mass is 9.58. The summed E-state index contributed by atoms with van der Waals surface area (Å²) in [5.41, 5.74) is -0.260. The molecule has 0 bridgehead atoms. The fourth-order valence-electron chi connectivity index (χ4n) is 2.85. The van der Waals surface area contributed by atoms with Crippen LogP contribution >= 0.6 is 0 Å². The number of carbonyl (C=O) groups excluding carboxylic acids is 2. The molecule has 2 rings (SSSR count). The lowest BCUT2D eigenvalue weighted by Crippen LogP contribution is -2.65. The molecule has 1 saturated heterocycles. The zero-order valence-electron chi connectivity index (χ0n) is 10.5. The second-order valence-corrected chi connectivity index (χ2v) is 4.97. The summed E-state index contributed by atoms with van der Waals surface area (Å²) in [5, 5.41) is 12.8. The molecule has 2 N–H and O–H groups in total. The molecule has 0 radical (unpaired) electrons. The van der Waals surface area contributed by atoms with Crippen molar-refractivity contribution >= 4 is 11.9 Å². The normalized spacial score (nSPS) is 29.4. The summed E-state index contributed by atoms with van der Waals surface area (Å²) in [4.78, 5) is 22.6. The first-order chi connectivity index (χ1) is 8.58. The molecule has 6 nitrogen and oxygen atoms in total. The molecule has 2 aliphatic rings. The Morgan fingerprint density at radius 1 is 1.44 bits per heavy atom.